The zero-order valence-corrected chi connectivity index (χ0v) is 15.4. The van der Waals surface area contributed by atoms with Crippen molar-refractivity contribution in [2.75, 3.05) is 27.2 Å². The highest BCUT2D eigenvalue weighted by Crippen LogP contribution is 2.24. The number of benzene rings is 1. The van der Waals surface area contributed by atoms with Crippen molar-refractivity contribution in [3.63, 3.8) is 0 Å². The van der Waals surface area contributed by atoms with Crippen LogP contribution in [-0.2, 0) is 24.3 Å². The molecule has 5 nitrogen and oxygen atoms in total. The number of amides is 2. The maximum Gasteiger partial charge on any atom is 0.251 e. The molecule has 0 spiro atoms. The molecule has 0 radical (unpaired) electrons. The van der Waals surface area contributed by atoms with Gasteiger partial charge in [-0.15, -0.1) is 11.3 Å². The number of nitrogens with zero attached hydrogens (tertiary/aromatic N) is 2. The Balaban J connectivity index is 1.53. The zero-order chi connectivity index (χ0) is 17.8. The van der Waals surface area contributed by atoms with Gasteiger partial charge in [0, 0.05) is 37.1 Å². The third-order valence-corrected chi connectivity index (χ3v) is 5.48. The van der Waals surface area contributed by atoms with Crippen LogP contribution >= 0.6 is 11.3 Å². The van der Waals surface area contributed by atoms with E-state index < -0.39 is 0 Å². The Hall–Kier alpha value is -2.18. The molecule has 25 heavy (non-hydrogen) atoms. The summed E-state index contributed by atoms with van der Waals surface area (Å²) in [6.07, 6.45) is 0.962. The van der Waals surface area contributed by atoms with Crippen LogP contribution in [0.4, 0.5) is 0 Å². The number of thiophene rings is 1. The van der Waals surface area contributed by atoms with Crippen LogP contribution in [-0.4, -0.2) is 48.8 Å². The van der Waals surface area contributed by atoms with Crippen LogP contribution in [0.5, 0.6) is 0 Å². The third kappa shape index (κ3) is 4.27. The second-order valence-corrected chi connectivity index (χ2v) is 7.38. The van der Waals surface area contributed by atoms with Crippen LogP contribution in [0.2, 0.25) is 0 Å². The standard InChI is InChI=1S/C19H23N3O2S/c1-20-19(24)15-5-3-14(4-6-15)11-21(2)13-18(23)22-9-7-17-16(12-22)8-10-25-17/h3-6,8,10H,7,9,11-13H2,1-2H3,(H,20,24). The number of hydrogen-bond donors (Lipinski definition) is 1. The summed E-state index contributed by atoms with van der Waals surface area (Å²) in [7, 11) is 3.57. The predicted octanol–water partition coefficient (Wildman–Crippen LogP) is 2.12. The molecule has 2 heterocycles. The highest BCUT2D eigenvalue weighted by molar-refractivity contribution is 7.10. The molecule has 0 saturated heterocycles. The van der Waals surface area contributed by atoms with Crippen molar-refractivity contribution in [1.29, 1.82) is 0 Å². The molecule has 1 aromatic carbocycles. The lowest BCUT2D eigenvalue weighted by Gasteiger charge is -2.29. The molecule has 1 aliphatic heterocycles. The first-order chi connectivity index (χ1) is 12.1. The minimum absolute atomic E-state index is 0.0898. The molecular formula is C19H23N3O2S. The monoisotopic (exact) mass is 357 g/mol. The van der Waals surface area contributed by atoms with Crippen molar-refractivity contribution in [2.24, 2.45) is 0 Å². The van der Waals surface area contributed by atoms with Crippen LogP contribution in [0, 0.1) is 0 Å². The first-order valence-corrected chi connectivity index (χ1v) is 9.27. The number of carbonyl (C=O) groups is 2. The van der Waals surface area contributed by atoms with E-state index in [-0.39, 0.29) is 11.8 Å². The molecule has 1 N–H and O–H groups in total. The SMILES string of the molecule is CNC(=O)c1ccc(CN(C)CC(=O)N2CCc3sccc3C2)cc1. The van der Waals surface area contributed by atoms with Crippen LogP contribution in [0.25, 0.3) is 0 Å². The summed E-state index contributed by atoms with van der Waals surface area (Å²) >= 11 is 1.78. The van der Waals surface area contributed by atoms with Gasteiger partial charge in [-0.1, -0.05) is 12.1 Å². The molecule has 0 atom stereocenters. The molecule has 1 aliphatic rings. The number of carbonyl (C=O) groups excluding carboxylic acids is 2. The quantitative estimate of drug-likeness (QED) is 0.892. The molecule has 0 aliphatic carbocycles. The number of nitrogens with one attached hydrogen (secondary N) is 1. The summed E-state index contributed by atoms with van der Waals surface area (Å²) in [5.74, 6) is 0.0781. The summed E-state index contributed by atoms with van der Waals surface area (Å²) < 4.78 is 0. The first-order valence-electron chi connectivity index (χ1n) is 8.39. The summed E-state index contributed by atoms with van der Waals surface area (Å²) in [5, 5.41) is 4.71. The van der Waals surface area contributed by atoms with Gasteiger partial charge in [-0.05, 0) is 48.2 Å². The van der Waals surface area contributed by atoms with Gasteiger partial charge in [-0.2, -0.15) is 0 Å². The fourth-order valence-electron chi connectivity index (χ4n) is 3.07. The molecule has 6 heteroatoms. The Morgan fingerprint density at radius 3 is 2.72 bits per heavy atom. The molecule has 3 rings (SSSR count). The molecule has 2 amide bonds. The van der Waals surface area contributed by atoms with E-state index in [0.29, 0.717) is 18.7 Å². The Kier molecular flexibility index (Phi) is 5.50. The van der Waals surface area contributed by atoms with Crippen molar-refractivity contribution in [3.8, 4) is 0 Å². The molecule has 0 saturated carbocycles. The van der Waals surface area contributed by atoms with Gasteiger partial charge in [-0.3, -0.25) is 14.5 Å². The van der Waals surface area contributed by atoms with Gasteiger partial charge in [0.05, 0.1) is 6.54 Å². The highest BCUT2D eigenvalue weighted by Gasteiger charge is 2.22. The largest absolute Gasteiger partial charge is 0.355 e. The van der Waals surface area contributed by atoms with Gasteiger partial charge >= 0.3 is 0 Å². The van der Waals surface area contributed by atoms with Gasteiger partial charge in [-0.25, -0.2) is 0 Å². The minimum atomic E-state index is -0.0898. The summed E-state index contributed by atoms with van der Waals surface area (Å²) in [5.41, 5.74) is 3.02. The lowest BCUT2D eigenvalue weighted by molar-refractivity contribution is -0.133. The van der Waals surface area contributed by atoms with Gasteiger partial charge in [0.2, 0.25) is 5.91 Å². The lowest BCUT2D eigenvalue weighted by Crippen LogP contribution is -2.41. The Bertz CT molecular complexity index is 754. The van der Waals surface area contributed by atoms with Crippen molar-refractivity contribution >= 4 is 23.2 Å². The van der Waals surface area contributed by atoms with Crippen molar-refractivity contribution in [3.05, 3.63) is 57.3 Å². The van der Waals surface area contributed by atoms with Gasteiger partial charge in [0.25, 0.3) is 5.91 Å². The average Bonchev–Trinajstić information content (AvgIpc) is 3.09. The summed E-state index contributed by atoms with van der Waals surface area (Å²) in [6, 6.07) is 9.62. The fourth-order valence-corrected chi connectivity index (χ4v) is 3.96. The van der Waals surface area contributed by atoms with Crippen LogP contribution in [0.3, 0.4) is 0 Å². The molecule has 0 unspecified atom stereocenters. The van der Waals surface area contributed by atoms with Crippen LogP contribution < -0.4 is 5.32 Å². The van der Waals surface area contributed by atoms with Gasteiger partial charge in [0.15, 0.2) is 0 Å². The lowest BCUT2D eigenvalue weighted by atomic mass is 10.1. The first kappa shape index (κ1) is 17.6. The van der Waals surface area contributed by atoms with Crippen molar-refractivity contribution in [1.82, 2.24) is 15.1 Å². The van der Waals surface area contributed by atoms with Crippen LogP contribution in [0.1, 0.15) is 26.4 Å². The number of rotatable bonds is 5. The van der Waals surface area contributed by atoms with E-state index in [0.717, 1.165) is 25.1 Å². The van der Waals surface area contributed by atoms with E-state index in [1.54, 1.807) is 18.4 Å². The maximum atomic E-state index is 12.5. The maximum absolute atomic E-state index is 12.5. The molecule has 1 aromatic heterocycles. The average molecular weight is 357 g/mol. The van der Waals surface area contributed by atoms with E-state index in [2.05, 4.69) is 16.8 Å². The Morgan fingerprint density at radius 1 is 1.24 bits per heavy atom. The van der Waals surface area contributed by atoms with Crippen molar-refractivity contribution in [2.45, 2.75) is 19.5 Å². The minimum Gasteiger partial charge on any atom is -0.355 e. The van der Waals surface area contributed by atoms with Crippen molar-refractivity contribution < 1.29 is 9.59 Å². The molecule has 0 fully saturated rings. The second-order valence-electron chi connectivity index (χ2n) is 6.38. The number of fused-ring (bicyclic) bond motifs is 1. The van der Waals surface area contributed by atoms with Crippen LogP contribution in [0.15, 0.2) is 35.7 Å². The molecule has 0 bridgehead atoms. The van der Waals surface area contributed by atoms with Gasteiger partial charge < -0.3 is 10.2 Å². The van der Waals surface area contributed by atoms with E-state index in [4.69, 9.17) is 0 Å². The third-order valence-electron chi connectivity index (χ3n) is 4.46. The van der Waals surface area contributed by atoms with E-state index in [1.165, 1.54) is 10.4 Å². The smallest absolute Gasteiger partial charge is 0.251 e. The van der Waals surface area contributed by atoms with E-state index >= 15 is 0 Å². The normalized spacial score (nSPS) is 13.6. The zero-order valence-electron chi connectivity index (χ0n) is 14.6. The number of likely N-dealkylation sites (N-methyl/N-ethyl adjacent to an activating group) is 1. The molecule has 132 valence electrons. The van der Waals surface area contributed by atoms with E-state index in [9.17, 15) is 9.59 Å². The molecular weight excluding hydrogens is 334 g/mol. The Labute approximate surface area is 152 Å². The highest BCUT2D eigenvalue weighted by atomic mass is 32.1. The van der Waals surface area contributed by atoms with E-state index in [1.807, 2.05) is 41.1 Å². The topological polar surface area (TPSA) is 52.7 Å². The van der Waals surface area contributed by atoms with Gasteiger partial charge in [0.1, 0.15) is 0 Å². The second kappa shape index (κ2) is 7.80. The number of hydrogen-bond acceptors (Lipinski definition) is 4. The summed E-state index contributed by atoms with van der Waals surface area (Å²) in [6.45, 7) is 2.61. The summed E-state index contributed by atoms with van der Waals surface area (Å²) in [4.78, 5) is 29.5. The molecule has 2 aromatic rings. The predicted molar refractivity (Wildman–Crippen MR) is 99.6 cm³/mol. The fraction of sp³-hybridized carbons (Fsp3) is 0.368. The Morgan fingerprint density at radius 2 is 2.00 bits per heavy atom.